The SMILES string of the molecule is CCCc1cc(CC(=O)O)cc(O)c1O. The van der Waals surface area contributed by atoms with E-state index < -0.39 is 5.97 Å². The Kier molecular flexibility index (Phi) is 3.55. The largest absolute Gasteiger partial charge is 0.504 e. The van der Waals surface area contributed by atoms with Crippen molar-refractivity contribution in [3.8, 4) is 11.5 Å². The predicted octanol–water partition coefficient (Wildman–Crippen LogP) is 1.68. The number of phenolic OH excluding ortho intramolecular Hbond substituents is 2. The van der Waals surface area contributed by atoms with Gasteiger partial charge in [0.2, 0.25) is 0 Å². The van der Waals surface area contributed by atoms with Gasteiger partial charge in [0.1, 0.15) is 0 Å². The topological polar surface area (TPSA) is 77.8 Å². The molecule has 1 aromatic carbocycles. The van der Waals surface area contributed by atoms with Crippen molar-refractivity contribution in [3.63, 3.8) is 0 Å². The Bertz CT molecular complexity index is 371. The summed E-state index contributed by atoms with van der Waals surface area (Å²) in [5.41, 5.74) is 1.09. The van der Waals surface area contributed by atoms with Crippen molar-refractivity contribution in [2.75, 3.05) is 0 Å². The van der Waals surface area contributed by atoms with Crippen LogP contribution in [-0.4, -0.2) is 21.3 Å². The number of aliphatic carboxylic acids is 1. The number of hydrogen-bond acceptors (Lipinski definition) is 3. The smallest absolute Gasteiger partial charge is 0.307 e. The lowest BCUT2D eigenvalue weighted by Gasteiger charge is -2.07. The van der Waals surface area contributed by atoms with E-state index in [1.165, 1.54) is 6.07 Å². The molecule has 82 valence electrons. The number of carboxylic acid groups (broad SMARTS) is 1. The number of aromatic hydroxyl groups is 2. The van der Waals surface area contributed by atoms with E-state index in [0.29, 0.717) is 17.5 Å². The van der Waals surface area contributed by atoms with Gasteiger partial charge >= 0.3 is 5.97 Å². The average molecular weight is 210 g/mol. The molecule has 0 bridgehead atoms. The van der Waals surface area contributed by atoms with E-state index in [-0.39, 0.29) is 17.9 Å². The summed E-state index contributed by atoms with van der Waals surface area (Å²) in [6, 6.07) is 2.90. The Morgan fingerprint density at radius 2 is 2.00 bits per heavy atom. The van der Waals surface area contributed by atoms with Crippen molar-refractivity contribution in [2.45, 2.75) is 26.2 Å². The Labute approximate surface area is 87.8 Å². The van der Waals surface area contributed by atoms with Crippen LogP contribution in [0.2, 0.25) is 0 Å². The molecule has 0 aliphatic heterocycles. The van der Waals surface area contributed by atoms with Crippen molar-refractivity contribution in [3.05, 3.63) is 23.3 Å². The summed E-state index contributed by atoms with van der Waals surface area (Å²) in [6.07, 6.45) is 1.29. The van der Waals surface area contributed by atoms with Crippen LogP contribution in [0.25, 0.3) is 0 Å². The van der Waals surface area contributed by atoms with Crippen LogP contribution in [0.15, 0.2) is 12.1 Å². The molecule has 4 nitrogen and oxygen atoms in total. The van der Waals surface area contributed by atoms with Crippen molar-refractivity contribution in [1.29, 1.82) is 0 Å². The lowest BCUT2D eigenvalue weighted by molar-refractivity contribution is -0.136. The zero-order valence-electron chi connectivity index (χ0n) is 8.53. The van der Waals surface area contributed by atoms with Gasteiger partial charge in [0.05, 0.1) is 6.42 Å². The van der Waals surface area contributed by atoms with E-state index in [9.17, 15) is 15.0 Å². The quantitative estimate of drug-likeness (QED) is 0.661. The van der Waals surface area contributed by atoms with Crippen molar-refractivity contribution in [1.82, 2.24) is 0 Å². The molecule has 0 aliphatic rings. The first-order chi connectivity index (χ1) is 7.04. The summed E-state index contributed by atoms with van der Waals surface area (Å²) in [6.45, 7) is 1.94. The van der Waals surface area contributed by atoms with Crippen molar-refractivity contribution >= 4 is 5.97 Å². The maximum absolute atomic E-state index is 10.5. The molecule has 0 spiro atoms. The van der Waals surface area contributed by atoms with Gasteiger partial charge in [-0.1, -0.05) is 19.4 Å². The second-order valence-corrected chi connectivity index (χ2v) is 3.44. The van der Waals surface area contributed by atoms with E-state index in [1.54, 1.807) is 6.07 Å². The third-order valence-electron chi connectivity index (χ3n) is 2.10. The summed E-state index contributed by atoms with van der Waals surface area (Å²) >= 11 is 0. The van der Waals surface area contributed by atoms with Crippen LogP contribution < -0.4 is 0 Å². The standard InChI is InChI=1S/C11H14O4/c1-2-3-8-4-7(6-10(13)14)5-9(12)11(8)15/h4-5,12,15H,2-3,6H2,1H3,(H,13,14). The molecule has 4 heteroatoms. The van der Waals surface area contributed by atoms with Gasteiger partial charge in [-0.2, -0.15) is 0 Å². The fraction of sp³-hybridized carbons (Fsp3) is 0.364. The number of aryl methyl sites for hydroxylation is 1. The monoisotopic (exact) mass is 210 g/mol. The number of carboxylic acids is 1. The Morgan fingerprint density at radius 1 is 1.33 bits per heavy atom. The number of carbonyl (C=O) groups is 1. The van der Waals surface area contributed by atoms with E-state index in [0.717, 1.165) is 6.42 Å². The highest BCUT2D eigenvalue weighted by atomic mass is 16.4. The first-order valence-corrected chi connectivity index (χ1v) is 4.80. The molecule has 0 atom stereocenters. The zero-order chi connectivity index (χ0) is 11.4. The molecule has 3 N–H and O–H groups in total. The molecule has 0 aliphatic carbocycles. The number of rotatable bonds is 4. The Morgan fingerprint density at radius 3 is 2.53 bits per heavy atom. The molecule has 0 saturated heterocycles. The van der Waals surface area contributed by atoms with Gasteiger partial charge < -0.3 is 15.3 Å². The van der Waals surface area contributed by atoms with Crippen LogP contribution in [0.4, 0.5) is 0 Å². The maximum atomic E-state index is 10.5. The third kappa shape index (κ3) is 2.87. The van der Waals surface area contributed by atoms with Gasteiger partial charge in [-0.25, -0.2) is 0 Å². The molecule has 0 radical (unpaired) electrons. The molecular formula is C11H14O4. The van der Waals surface area contributed by atoms with Gasteiger partial charge in [0.15, 0.2) is 11.5 Å². The highest BCUT2D eigenvalue weighted by molar-refractivity contribution is 5.71. The minimum absolute atomic E-state index is 0.147. The molecule has 0 heterocycles. The van der Waals surface area contributed by atoms with E-state index in [1.807, 2.05) is 6.92 Å². The molecule has 0 aromatic heterocycles. The van der Waals surface area contributed by atoms with Crippen LogP contribution in [0.5, 0.6) is 11.5 Å². The number of benzene rings is 1. The van der Waals surface area contributed by atoms with Crippen LogP contribution in [0, 0.1) is 0 Å². The number of hydrogen-bond donors (Lipinski definition) is 3. The highest BCUT2D eigenvalue weighted by Gasteiger charge is 2.10. The van der Waals surface area contributed by atoms with E-state index in [2.05, 4.69) is 0 Å². The normalized spacial score (nSPS) is 10.2. The molecule has 1 rings (SSSR count). The molecule has 15 heavy (non-hydrogen) atoms. The van der Waals surface area contributed by atoms with Crippen molar-refractivity contribution in [2.24, 2.45) is 0 Å². The Hall–Kier alpha value is -1.71. The number of phenols is 2. The minimum atomic E-state index is -0.956. The first-order valence-electron chi connectivity index (χ1n) is 4.80. The maximum Gasteiger partial charge on any atom is 0.307 e. The second-order valence-electron chi connectivity index (χ2n) is 3.44. The fourth-order valence-corrected chi connectivity index (χ4v) is 1.48. The van der Waals surface area contributed by atoms with E-state index in [4.69, 9.17) is 5.11 Å². The fourth-order valence-electron chi connectivity index (χ4n) is 1.48. The molecule has 0 fully saturated rings. The lowest BCUT2D eigenvalue weighted by atomic mass is 10.0. The van der Waals surface area contributed by atoms with Gasteiger partial charge in [0, 0.05) is 0 Å². The minimum Gasteiger partial charge on any atom is -0.504 e. The second kappa shape index (κ2) is 4.68. The molecule has 0 amide bonds. The zero-order valence-corrected chi connectivity index (χ0v) is 8.53. The summed E-state index contributed by atoms with van der Waals surface area (Å²) in [5, 5.41) is 27.5. The van der Waals surface area contributed by atoms with Gasteiger partial charge in [-0.15, -0.1) is 0 Å². The third-order valence-corrected chi connectivity index (χ3v) is 2.10. The summed E-state index contributed by atoms with van der Waals surface area (Å²) in [7, 11) is 0. The van der Waals surface area contributed by atoms with Crippen LogP contribution >= 0.6 is 0 Å². The summed E-state index contributed by atoms with van der Waals surface area (Å²) in [5.74, 6) is -1.36. The Balaban J connectivity index is 3.05. The molecule has 0 unspecified atom stereocenters. The molecular weight excluding hydrogens is 196 g/mol. The van der Waals surface area contributed by atoms with Gasteiger partial charge in [-0.3, -0.25) is 4.79 Å². The summed E-state index contributed by atoms with van der Waals surface area (Å²) < 4.78 is 0. The van der Waals surface area contributed by atoms with Crippen LogP contribution in [0.1, 0.15) is 24.5 Å². The predicted molar refractivity (Wildman–Crippen MR) is 55.1 cm³/mol. The first kappa shape index (κ1) is 11.4. The van der Waals surface area contributed by atoms with Gasteiger partial charge in [0.25, 0.3) is 0 Å². The lowest BCUT2D eigenvalue weighted by Crippen LogP contribution is -2.00. The molecule has 0 saturated carbocycles. The molecule has 1 aromatic rings. The van der Waals surface area contributed by atoms with Crippen LogP contribution in [-0.2, 0) is 17.6 Å². The highest BCUT2D eigenvalue weighted by Crippen LogP contribution is 2.31. The van der Waals surface area contributed by atoms with Crippen LogP contribution in [0.3, 0.4) is 0 Å². The average Bonchev–Trinajstić information content (AvgIpc) is 2.12. The summed E-state index contributed by atoms with van der Waals surface area (Å²) in [4.78, 5) is 10.5. The van der Waals surface area contributed by atoms with Gasteiger partial charge in [-0.05, 0) is 23.6 Å². The van der Waals surface area contributed by atoms with E-state index >= 15 is 0 Å². The van der Waals surface area contributed by atoms with Crippen molar-refractivity contribution < 1.29 is 20.1 Å².